The average Bonchev–Trinajstić information content (AvgIpc) is 3.18. The molecule has 10 heteroatoms. The third kappa shape index (κ3) is 7.16. The van der Waals surface area contributed by atoms with Gasteiger partial charge in [0.1, 0.15) is 11.4 Å². The third-order valence-electron chi connectivity index (χ3n) is 5.83. The number of hydrogen-bond donors (Lipinski definition) is 2. The van der Waals surface area contributed by atoms with Crippen molar-refractivity contribution >= 4 is 12.1 Å². The fraction of sp³-hybridized carbons (Fsp3) is 0.609. The number of rotatable bonds is 11. The van der Waals surface area contributed by atoms with Crippen molar-refractivity contribution in [2.45, 2.75) is 70.9 Å². The molecule has 0 bridgehead atoms. The van der Waals surface area contributed by atoms with Crippen LogP contribution >= 0.6 is 0 Å². The van der Waals surface area contributed by atoms with Gasteiger partial charge in [0.05, 0.1) is 42.8 Å². The van der Waals surface area contributed by atoms with Gasteiger partial charge in [0.2, 0.25) is 0 Å². The van der Waals surface area contributed by atoms with Crippen LogP contribution in [0.3, 0.4) is 0 Å². The summed E-state index contributed by atoms with van der Waals surface area (Å²) in [5, 5.41) is 20.2. The van der Waals surface area contributed by atoms with E-state index in [1.165, 1.54) is 0 Å². The number of carbonyl (C=O) groups is 2. The predicted octanol–water partition coefficient (Wildman–Crippen LogP) is 3.71. The van der Waals surface area contributed by atoms with Crippen molar-refractivity contribution in [1.82, 2.24) is 25.3 Å². The van der Waals surface area contributed by atoms with Crippen LogP contribution in [-0.4, -0.2) is 49.9 Å². The Morgan fingerprint density at radius 3 is 2.82 bits per heavy atom. The lowest BCUT2D eigenvalue weighted by molar-refractivity contribution is -0.143. The standard InChI is InChI=1S/C23H33N5O5/c1-3-4-5-6-12-32-23(31)25-15-20-21(26-27-28(20)2)19-11-10-18(14-24-19)33-17-9-7-8-16(13-17)22(29)30/h10-11,14,16-17H,3-9,12-13,15H2,1-2H3,(H,25,31)(H,29,30)/t16?,17-/m0/s1. The molecule has 0 radical (unpaired) electrons. The van der Waals surface area contributed by atoms with Gasteiger partial charge in [-0.3, -0.25) is 9.78 Å². The Labute approximate surface area is 193 Å². The van der Waals surface area contributed by atoms with E-state index in [0.717, 1.165) is 38.5 Å². The Bertz CT molecular complexity index is 914. The average molecular weight is 460 g/mol. The first-order valence-electron chi connectivity index (χ1n) is 11.6. The molecule has 2 heterocycles. The summed E-state index contributed by atoms with van der Waals surface area (Å²) in [5.41, 5.74) is 1.87. The maximum absolute atomic E-state index is 12.0. The molecule has 1 aliphatic rings. The molecule has 180 valence electrons. The number of carbonyl (C=O) groups excluding carboxylic acids is 1. The number of pyridine rings is 1. The quantitative estimate of drug-likeness (QED) is 0.487. The zero-order valence-electron chi connectivity index (χ0n) is 19.3. The molecule has 2 aromatic rings. The largest absolute Gasteiger partial charge is 0.489 e. The maximum atomic E-state index is 12.0. The minimum atomic E-state index is -0.763. The van der Waals surface area contributed by atoms with Crippen LogP contribution in [0.2, 0.25) is 0 Å². The van der Waals surface area contributed by atoms with Gasteiger partial charge in [0.25, 0.3) is 0 Å². The van der Waals surface area contributed by atoms with Crippen LogP contribution in [0.15, 0.2) is 18.3 Å². The first-order chi connectivity index (χ1) is 16.0. The molecular weight excluding hydrogens is 426 g/mol. The van der Waals surface area contributed by atoms with Gasteiger partial charge in [-0.2, -0.15) is 0 Å². The molecule has 2 N–H and O–H groups in total. The first-order valence-corrected chi connectivity index (χ1v) is 11.6. The van der Waals surface area contributed by atoms with Crippen LogP contribution in [0.25, 0.3) is 11.4 Å². The molecule has 1 amide bonds. The molecule has 0 saturated heterocycles. The van der Waals surface area contributed by atoms with Gasteiger partial charge in [-0.1, -0.05) is 31.4 Å². The van der Waals surface area contributed by atoms with Gasteiger partial charge in [-0.15, -0.1) is 5.10 Å². The van der Waals surface area contributed by atoms with Crippen molar-refractivity contribution in [3.8, 4) is 17.1 Å². The number of unbranched alkanes of at least 4 members (excludes halogenated alkanes) is 3. The lowest BCUT2D eigenvalue weighted by Crippen LogP contribution is -2.29. The van der Waals surface area contributed by atoms with Crippen LogP contribution in [-0.2, 0) is 23.1 Å². The summed E-state index contributed by atoms with van der Waals surface area (Å²) >= 11 is 0. The monoisotopic (exact) mass is 459 g/mol. The van der Waals surface area contributed by atoms with E-state index in [-0.39, 0.29) is 18.6 Å². The van der Waals surface area contributed by atoms with Crippen LogP contribution < -0.4 is 10.1 Å². The number of aryl methyl sites for hydroxylation is 1. The lowest BCUT2D eigenvalue weighted by atomic mass is 9.87. The van der Waals surface area contributed by atoms with Crippen molar-refractivity contribution in [2.24, 2.45) is 13.0 Å². The molecule has 2 aromatic heterocycles. The number of hydrogen-bond acceptors (Lipinski definition) is 7. The molecule has 2 atom stereocenters. The molecule has 3 rings (SSSR count). The van der Waals surface area contributed by atoms with Crippen LogP contribution in [0.4, 0.5) is 4.79 Å². The summed E-state index contributed by atoms with van der Waals surface area (Å²) in [6.07, 6.45) is 8.06. The zero-order valence-corrected chi connectivity index (χ0v) is 19.3. The number of aromatic nitrogens is 4. The second-order valence-corrected chi connectivity index (χ2v) is 8.38. The number of amides is 1. The van der Waals surface area contributed by atoms with Crippen LogP contribution in [0.1, 0.15) is 64.0 Å². The molecule has 33 heavy (non-hydrogen) atoms. The van der Waals surface area contributed by atoms with Crippen molar-refractivity contribution in [3.63, 3.8) is 0 Å². The summed E-state index contributed by atoms with van der Waals surface area (Å²) in [6, 6.07) is 3.58. The summed E-state index contributed by atoms with van der Waals surface area (Å²) in [4.78, 5) is 27.7. The van der Waals surface area contributed by atoms with E-state index in [0.29, 0.717) is 42.3 Å². The number of carboxylic acids is 1. The van der Waals surface area contributed by atoms with Gasteiger partial charge in [0.15, 0.2) is 0 Å². The molecule has 0 aliphatic heterocycles. The Kier molecular flexibility index (Phi) is 9.03. The van der Waals surface area contributed by atoms with Gasteiger partial charge in [0, 0.05) is 7.05 Å². The van der Waals surface area contributed by atoms with Crippen molar-refractivity contribution in [3.05, 3.63) is 24.0 Å². The second-order valence-electron chi connectivity index (χ2n) is 8.38. The normalized spacial score (nSPS) is 18.0. The van der Waals surface area contributed by atoms with E-state index < -0.39 is 12.1 Å². The molecule has 10 nitrogen and oxygen atoms in total. The summed E-state index contributed by atoms with van der Waals surface area (Å²) in [7, 11) is 1.75. The lowest BCUT2D eigenvalue weighted by Gasteiger charge is -2.27. The predicted molar refractivity (Wildman–Crippen MR) is 121 cm³/mol. The summed E-state index contributed by atoms with van der Waals surface area (Å²) in [5.74, 6) is -0.528. The fourth-order valence-corrected chi connectivity index (χ4v) is 3.93. The van der Waals surface area contributed by atoms with E-state index in [1.807, 2.05) is 0 Å². The molecule has 1 fully saturated rings. The number of aliphatic carboxylic acids is 1. The third-order valence-corrected chi connectivity index (χ3v) is 5.83. The Balaban J connectivity index is 1.55. The smallest absolute Gasteiger partial charge is 0.407 e. The minimum absolute atomic E-state index is 0.128. The van der Waals surface area contributed by atoms with Gasteiger partial charge < -0.3 is 19.9 Å². The van der Waals surface area contributed by atoms with E-state index in [4.69, 9.17) is 9.47 Å². The van der Waals surface area contributed by atoms with Crippen molar-refractivity contribution < 1.29 is 24.2 Å². The maximum Gasteiger partial charge on any atom is 0.407 e. The van der Waals surface area contributed by atoms with E-state index in [9.17, 15) is 14.7 Å². The highest BCUT2D eigenvalue weighted by Gasteiger charge is 2.28. The molecule has 1 aliphatic carbocycles. The molecule has 1 saturated carbocycles. The Morgan fingerprint density at radius 2 is 2.09 bits per heavy atom. The van der Waals surface area contributed by atoms with Gasteiger partial charge >= 0.3 is 12.1 Å². The van der Waals surface area contributed by atoms with Crippen molar-refractivity contribution in [2.75, 3.05) is 6.61 Å². The first kappa shape index (κ1) is 24.5. The Hall–Kier alpha value is -3.17. The summed E-state index contributed by atoms with van der Waals surface area (Å²) in [6.45, 7) is 2.75. The van der Waals surface area contributed by atoms with E-state index in [1.54, 1.807) is 30.1 Å². The highest BCUT2D eigenvalue weighted by Crippen LogP contribution is 2.28. The molecule has 1 unspecified atom stereocenters. The number of ether oxygens (including phenoxy) is 2. The van der Waals surface area contributed by atoms with Gasteiger partial charge in [-0.25, -0.2) is 9.48 Å². The molecule has 0 spiro atoms. The van der Waals surface area contributed by atoms with Gasteiger partial charge in [-0.05, 0) is 44.2 Å². The number of nitrogens with one attached hydrogen (secondary N) is 1. The Morgan fingerprint density at radius 1 is 1.24 bits per heavy atom. The SMILES string of the molecule is CCCCCCOC(=O)NCc1c(-c2ccc(O[C@H]3CCCC(C(=O)O)C3)cn2)nnn1C. The highest BCUT2D eigenvalue weighted by atomic mass is 16.5. The summed E-state index contributed by atoms with van der Waals surface area (Å²) < 4.78 is 12.8. The van der Waals surface area contributed by atoms with Crippen molar-refractivity contribution in [1.29, 1.82) is 0 Å². The molecular formula is C23H33N5O5. The van der Waals surface area contributed by atoms with Crippen LogP contribution in [0, 0.1) is 5.92 Å². The second kappa shape index (κ2) is 12.2. The number of nitrogens with zero attached hydrogens (tertiary/aromatic N) is 4. The highest BCUT2D eigenvalue weighted by molar-refractivity contribution is 5.70. The van der Waals surface area contributed by atoms with E-state index in [2.05, 4.69) is 27.5 Å². The topological polar surface area (TPSA) is 128 Å². The zero-order chi connectivity index (χ0) is 23.6. The molecule has 0 aromatic carbocycles. The number of carboxylic acid groups (broad SMARTS) is 1. The fourth-order valence-electron chi connectivity index (χ4n) is 3.93. The minimum Gasteiger partial charge on any atom is -0.489 e. The van der Waals surface area contributed by atoms with E-state index >= 15 is 0 Å². The van der Waals surface area contributed by atoms with Crippen LogP contribution in [0.5, 0.6) is 5.75 Å². The number of alkyl carbamates (subject to hydrolysis) is 1.